The van der Waals surface area contributed by atoms with Crippen LogP contribution in [0.4, 0.5) is 0 Å². The van der Waals surface area contributed by atoms with Crippen molar-refractivity contribution >= 4 is 11.8 Å². The first kappa shape index (κ1) is 10.6. The minimum absolute atomic E-state index is 0.216. The van der Waals surface area contributed by atoms with E-state index in [0.717, 1.165) is 24.6 Å². The second kappa shape index (κ2) is 4.37. The fourth-order valence-electron chi connectivity index (χ4n) is 2.44. The number of aryl methyl sites for hydroxylation is 1. The van der Waals surface area contributed by atoms with Crippen molar-refractivity contribution in [2.75, 3.05) is 11.5 Å². The Kier molecular flexibility index (Phi) is 2.90. The van der Waals surface area contributed by atoms with Crippen LogP contribution < -0.4 is 0 Å². The van der Waals surface area contributed by atoms with Crippen LogP contribution in [0.2, 0.25) is 0 Å². The van der Waals surface area contributed by atoms with Gasteiger partial charge in [-0.2, -0.15) is 16.9 Å². The molecule has 1 N–H and O–H groups in total. The van der Waals surface area contributed by atoms with Gasteiger partial charge in [-0.15, -0.1) is 0 Å². The second-order valence-electron chi connectivity index (χ2n) is 4.64. The third kappa shape index (κ3) is 1.98. The second-order valence-corrected chi connectivity index (χ2v) is 5.87. The van der Waals surface area contributed by atoms with E-state index in [1.165, 1.54) is 24.3 Å². The van der Waals surface area contributed by atoms with Crippen LogP contribution in [-0.4, -0.2) is 37.5 Å². The molecule has 0 saturated carbocycles. The highest BCUT2D eigenvalue weighted by Crippen LogP contribution is 2.30. The highest BCUT2D eigenvalue weighted by molar-refractivity contribution is 7.99. The van der Waals surface area contributed by atoms with E-state index in [1.807, 2.05) is 16.4 Å². The van der Waals surface area contributed by atoms with Crippen LogP contribution in [0, 0.1) is 0 Å². The van der Waals surface area contributed by atoms with E-state index in [0.29, 0.717) is 12.3 Å². The van der Waals surface area contributed by atoms with Crippen molar-refractivity contribution in [1.82, 2.24) is 14.8 Å². The molecule has 0 amide bonds. The zero-order valence-corrected chi connectivity index (χ0v) is 10.1. The van der Waals surface area contributed by atoms with Crippen LogP contribution in [0.3, 0.4) is 0 Å². The molecule has 0 aliphatic carbocycles. The molecule has 1 atom stereocenters. The monoisotopic (exact) mass is 239 g/mol. The molecule has 88 valence electrons. The van der Waals surface area contributed by atoms with E-state index in [-0.39, 0.29) is 6.10 Å². The summed E-state index contributed by atoms with van der Waals surface area (Å²) >= 11 is 2.03. The molecule has 16 heavy (non-hydrogen) atoms. The third-order valence-corrected chi connectivity index (χ3v) is 4.49. The summed E-state index contributed by atoms with van der Waals surface area (Å²) < 4.78 is 1.99. The van der Waals surface area contributed by atoms with E-state index in [9.17, 15) is 5.11 Å². The van der Waals surface area contributed by atoms with Crippen LogP contribution >= 0.6 is 11.8 Å². The Morgan fingerprint density at radius 2 is 2.06 bits per heavy atom. The normalized spacial score (nSPS) is 26.7. The molecule has 0 bridgehead atoms. The summed E-state index contributed by atoms with van der Waals surface area (Å²) in [5.74, 6) is 5.02. The zero-order valence-electron chi connectivity index (χ0n) is 9.30. The summed E-state index contributed by atoms with van der Waals surface area (Å²) in [5, 5.41) is 14.2. The minimum Gasteiger partial charge on any atom is -0.393 e. The van der Waals surface area contributed by atoms with E-state index < -0.39 is 0 Å². The topological polar surface area (TPSA) is 50.9 Å². The van der Waals surface area contributed by atoms with E-state index in [1.54, 1.807) is 0 Å². The Morgan fingerprint density at radius 1 is 1.25 bits per heavy atom. The first-order valence-corrected chi connectivity index (χ1v) is 7.18. The Balaban J connectivity index is 1.80. The van der Waals surface area contributed by atoms with Crippen molar-refractivity contribution in [2.45, 2.75) is 44.2 Å². The molecule has 1 aromatic heterocycles. The molecular weight excluding hydrogens is 222 g/mol. The van der Waals surface area contributed by atoms with Gasteiger partial charge in [0, 0.05) is 18.9 Å². The van der Waals surface area contributed by atoms with Gasteiger partial charge in [0.05, 0.1) is 6.10 Å². The number of aliphatic hydroxyl groups excluding tert-OH is 1. The summed E-state index contributed by atoms with van der Waals surface area (Å²) in [4.78, 5) is 4.61. The van der Waals surface area contributed by atoms with Gasteiger partial charge in [-0.1, -0.05) is 0 Å². The molecule has 1 saturated heterocycles. The predicted molar refractivity (Wildman–Crippen MR) is 63.6 cm³/mol. The molecule has 0 radical (unpaired) electrons. The number of thioether (sulfide) groups is 1. The van der Waals surface area contributed by atoms with Crippen molar-refractivity contribution < 1.29 is 5.11 Å². The molecule has 3 rings (SSSR count). The van der Waals surface area contributed by atoms with Gasteiger partial charge in [-0.25, -0.2) is 9.67 Å². The molecule has 0 aromatic carbocycles. The SMILES string of the molecule is OC1CCn2nc(C3CCSCC3)nc2C1. The molecule has 2 aliphatic heterocycles. The Hall–Kier alpha value is -0.550. The summed E-state index contributed by atoms with van der Waals surface area (Å²) in [6.07, 6.45) is 3.68. The lowest BCUT2D eigenvalue weighted by atomic mass is 10.0. The average molecular weight is 239 g/mol. The Morgan fingerprint density at radius 3 is 2.88 bits per heavy atom. The molecule has 1 aromatic rings. The lowest BCUT2D eigenvalue weighted by Crippen LogP contribution is -2.23. The number of hydrogen-bond acceptors (Lipinski definition) is 4. The Bertz CT molecular complexity index is 373. The van der Waals surface area contributed by atoms with Crippen molar-refractivity contribution in [3.05, 3.63) is 11.6 Å². The quantitative estimate of drug-likeness (QED) is 0.800. The first-order chi connectivity index (χ1) is 7.83. The summed E-state index contributed by atoms with van der Waals surface area (Å²) in [7, 11) is 0. The molecule has 4 nitrogen and oxygen atoms in total. The van der Waals surface area contributed by atoms with Crippen molar-refractivity contribution in [2.24, 2.45) is 0 Å². The summed E-state index contributed by atoms with van der Waals surface area (Å²) in [5.41, 5.74) is 0. The molecule has 2 aliphatic rings. The predicted octanol–water partition coefficient (Wildman–Crippen LogP) is 1.20. The highest BCUT2D eigenvalue weighted by atomic mass is 32.2. The molecule has 5 heteroatoms. The maximum atomic E-state index is 9.59. The number of fused-ring (bicyclic) bond motifs is 1. The maximum Gasteiger partial charge on any atom is 0.154 e. The van der Waals surface area contributed by atoms with Crippen LogP contribution in [-0.2, 0) is 13.0 Å². The number of nitrogens with zero attached hydrogens (tertiary/aromatic N) is 3. The van der Waals surface area contributed by atoms with Gasteiger partial charge in [0.25, 0.3) is 0 Å². The highest BCUT2D eigenvalue weighted by Gasteiger charge is 2.24. The number of hydrogen-bond donors (Lipinski definition) is 1. The lowest BCUT2D eigenvalue weighted by molar-refractivity contribution is 0.138. The van der Waals surface area contributed by atoms with Crippen LogP contribution in [0.25, 0.3) is 0 Å². The fourth-order valence-corrected chi connectivity index (χ4v) is 3.54. The van der Waals surface area contributed by atoms with Crippen LogP contribution in [0.15, 0.2) is 0 Å². The summed E-state index contributed by atoms with van der Waals surface area (Å²) in [6, 6.07) is 0. The largest absolute Gasteiger partial charge is 0.393 e. The van der Waals surface area contributed by atoms with Gasteiger partial charge in [0.2, 0.25) is 0 Å². The number of aromatic nitrogens is 3. The van der Waals surface area contributed by atoms with Gasteiger partial charge >= 0.3 is 0 Å². The minimum atomic E-state index is -0.216. The van der Waals surface area contributed by atoms with E-state index >= 15 is 0 Å². The van der Waals surface area contributed by atoms with Gasteiger partial charge < -0.3 is 5.11 Å². The van der Waals surface area contributed by atoms with Crippen molar-refractivity contribution in [3.8, 4) is 0 Å². The zero-order chi connectivity index (χ0) is 11.0. The van der Waals surface area contributed by atoms with Gasteiger partial charge in [-0.05, 0) is 30.8 Å². The number of aliphatic hydroxyl groups is 1. The van der Waals surface area contributed by atoms with Gasteiger partial charge in [-0.3, -0.25) is 0 Å². The van der Waals surface area contributed by atoms with E-state index in [4.69, 9.17) is 0 Å². The van der Waals surface area contributed by atoms with Crippen LogP contribution in [0.1, 0.15) is 36.8 Å². The molecule has 1 unspecified atom stereocenters. The van der Waals surface area contributed by atoms with Crippen molar-refractivity contribution in [1.29, 1.82) is 0 Å². The van der Waals surface area contributed by atoms with Gasteiger partial charge in [0.1, 0.15) is 5.82 Å². The maximum absolute atomic E-state index is 9.59. The number of rotatable bonds is 1. The Labute approximate surface area is 99.4 Å². The van der Waals surface area contributed by atoms with E-state index in [2.05, 4.69) is 10.1 Å². The summed E-state index contributed by atoms with van der Waals surface area (Å²) in [6.45, 7) is 0.824. The molecule has 3 heterocycles. The standard InChI is InChI=1S/C11H17N3OS/c15-9-1-4-14-10(7-9)12-11(13-14)8-2-5-16-6-3-8/h8-9,15H,1-7H2. The molecule has 1 fully saturated rings. The molecular formula is C11H17N3OS. The smallest absolute Gasteiger partial charge is 0.154 e. The molecule has 0 spiro atoms. The lowest BCUT2D eigenvalue weighted by Gasteiger charge is -2.17. The van der Waals surface area contributed by atoms with Crippen LogP contribution in [0.5, 0.6) is 0 Å². The third-order valence-electron chi connectivity index (χ3n) is 3.44. The first-order valence-electron chi connectivity index (χ1n) is 6.02. The average Bonchev–Trinajstić information content (AvgIpc) is 2.73. The fraction of sp³-hybridized carbons (Fsp3) is 0.818. The van der Waals surface area contributed by atoms with Gasteiger partial charge in [0.15, 0.2) is 5.82 Å². The van der Waals surface area contributed by atoms with Crippen molar-refractivity contribution in [3.63, 3.8) is 0 Å².